The normalized spacial score (nSPS) is 14.4. The molecule has 2 amide bonds. The first kappa shape index (κ1) is 23.7. The Morgan fingerprint density at radius 2 is 1.56 bits per heavy atom. The first-order valence-corrected chi connectivity index (χ1v) is 10.6. The van der Waals surface area contributed by atoms with Gasteiger partial charge in [-0.1, -0.05) is 11.6 Å². The van der Waals surface area contributed by atoms with Gasteiger partial charge >= 0.3 is 6.18 Å². The number of nitrogens with zero attached hydrogens (tertiary/aromatic N) is 5. The molecule has 3 heterocycles. The molecule has 1 aromatic carbocycles. The predicted molar refractivity (Wildman–Crippen MR) is 114 cm³/mol. The summed E-state index contributed by atoms with van der Waals surface area (Å²) in [6.45, 7) is 2.45. The van der Waals surface area contributed by atoms with Crippen LogP contribution in [-0.2, 0) is 6.18 Å². The SMILES string of the molecule is Cc1c(C(=O)N2CCN(C(=O)c3cc(Cl)ccc3F)CC2)cnn1-c1ccc(C(F)(F)F)cn1. The molecule has 0 atom stereocenters. The van der Waals surface area contributed by atoms with Crippen LogP contribution in [0.1, 0.15) is 32.0 Å². The summed E-state index contributed by atoms with van der Waals surface area (Å²) in [6, 6.07) is 5.82. The highest BCUT2D eigenvalue weighted by atomic mass is 35.5. The van der Waals surface area contributed by atoms with E-state index in [1.807, 2.05) is 0 Å². The lowest BCUT2D eigenvalue weighted by Crippen LogP contribution is -2.50. The summed E-state index contributed by atoms with van der Waals surface area (Å²) in [4.78, 5) is 32.5. The summed E-state index contributed by atoms with van der Waals surface area (Å²) in [5.41, 5.74) is -0.338. The third kappa shape index (κ3) is 4.60. The van der Waals surface area contributed by atoms with Gasteiger partial charge in [-0.25, -0.2) is 14.1 Å². The zero-order chi connectivity index (χ0) is 24.6. The van der Waals surface area contributed by atoms with Crippen LogP contribution in [-0.4, -0.2) is 62.6 Å². The molecule has 0 bridgehead atoms. The Kier molecular flexibility index (Phi) is 6.30. The molecular formula is C22H18ClF4N5O2. The summed E-state index contributed by atoms with van der Waals surface area (Å²) in [6.07, 6.45) is -2.47. The summed E-state index contributed by atoms with van der Waals surface area (Å²) >= 11 is 5.87. The number of pyridine rings is 1. The van der Waals surface area contributed by atoms with Crippen LogP contribution in [0.4, 0.5) is 17.6 Å². The van der Waals surface area contributed by atoms with Gasteiger partial charge in [0.1, 0.15) is 5.82 Å². The van der Waals surface area contributed by atoms with Gasteiger partial charge in [0, 0.05) is 37.4 Å². The van der Waals surface area contributed by atoms with Crippen molar-refractivity contribution < 1.29 is 27.2 Å². The molecule has 1 saturated heterocycles. The van der Waals surface area contributed by atoms with Gasteiger partial charge in [0.05, 0.1) is 28.6 Å². The molecule has 12 heteroatoms. The van der Waals surface area contributed by atoms with E-state index in [9.17, 15) is 27.2 Å². The number of amides is 2. The molecule has 178 valence electrons. The fourth-order valence-electron chi connectivity index (χ4n) is 3.64. The van der Waals surface area contributed by atoms with Gasteiger partial charge in [0.15, 0.2) is 5.82 Å². The first-order valence-electron chi connectivity index (χ1n) is 10.2. The van der Waals surface area contributed by atoms with Crippen LogP contribution in [0.2, 0.25) is 5.02 Å². The number of aromatic nitrogens is 3. The lowest BCUT2D eigenvalue weighted by atomic mass is 10.1. The molecule has 2 aromatic heterocycles. The first-order chi connectivity index (χ1) is 16.1. The number of carbonyl (C=O) groups excluding carboxylic acids is 2. The molecule has 7 nitrogen and oxygen atoms in total. The van der Waals surface area contributed by atoms with Gasteiger partial charge in [-0.3, -0.25) is 9.59 Å². The Morgan fingerprint density at radius 3 is 2.12 bits per heavy atom. The topological polar surface area (TPSA) is 71.3 Å². The number of benzene rings is 1. The third-order valence-electron chi connectivity index (χ3n) is 5.55. The summed E-state index contributed by atoms with van der Waals surface area (Å²) in [5.74, 6) is -1.38. The Hall–Kier alpha value is -3.47. The van der Waals surface area contributed by atoms with Gasteiger partial charge in [0.25, 0.3) is 11.8 Å². The number of piperazine rings is 1. The van der Waals surface area contributed by atoms with E-state index >= 15 is 0 Å². The average Bonchev–Trinajstić information content (AvgIpc) is 3.20. The molecular weight excluding hydrogens is 478 g/mol. The number of alkyl halides is 3. The number of carbonyl (C=O) groups is 2. The van der Waals surface area contributed by atoms with E-state index < -0.39 is 23.5 Å². The van der Waals surface area contributed by atoms with E-state index in [1.165, 1.54) is 38.9 Å². The van der Waals surface area contributed by atoms with Gasteiger partial charge in [0.2, 0.25) is 0 Å². The number of hydrogen-bond acceptors (Lipinski definition) is 4. The molecule has 1 aliphatic rings. The van der Waals surface area contributed by atoms with Crippen molar-refractivity contribution in [2.75, 3.05) is 26.2 Å². The molecule has 34 heavy (non-hydrogen) atoms. The fourth-order valence-corrected chi connectivity index (χ4v) is 3.82. The minimum Gasteiger partial charge on any atom is -0.335 e. The van der Waals surface area contributed by atoms with E-state index in [1.54, 1.807) is 6.92 Å². The van der Waals surface area contributed by atoms with Crippen molar-refractivity contribution in [3.05, 3.63) is 75.9 Å². The maximum absolute atomic E-state index is 14.0. The van der Waals surface area contributed by atoms with Crippen molar-refractivity contribution in [1.29, 1.82) is 0 Å². The predicted octanol–water partition coefficient (Wildman–Crippen LogP) is 3.99. The Balaban J connectivity index is 1.44. The van der Waals surface area contributed by atoms with E-state index in [-0.39, 0.29) is 54.1 Å². The van der Waals surface area contributed by atoms with E-state index in [2.05, 4.69) is 10.1 Å². The molecule has 3 aromatic rings. The van der Waals surface area contributed by atoms with Crippen LogP contribution in [0.3, 0.4) is 0 Å². The quantitative estimate of drug-likeness (QED) is 0.515. The summed E-state index contributed by atoms with van der Waals surface area (Å²) in [5, 5.41) is 4.35. The highest BCUT2D eigenvalue weighted by Crippen LogP contribution is 2.29. The molecule has 1 fully saturated rings. The minimum absolute atomic E-state index is 0.131. The zero-order valence-corrected chi connectivity index (χ0v) is 18.6. The van der Waals surface area contributed by atoms with E-state index in [0.717, 1.165) is 12.1 Å². The van der Waals surface area contributed by atoms with E-state index in [0.29, 0.717) is 11.9 Å². The highest BCUT2D eigenvalue weighted by molar-refractivity contribution is 6.31. The molecule has 0 N–H and O–H groups in total. The van der Waals surface area contributed by atoms with Crippen LogP contribution in [0, 0.1) is 12.7 Å². The minimum atomic E-state index is -4.51. The molecule has 0 aliphatic carbocycles. The number of rotatable bonds is 3. The lowest BCUT2D eigenvalue weighted by molar-refractivity contribution is -0.137. The number of hydrogen-bond donors (Lipinski definition) is 0. The maximum atomic E-state index is 14.0. The second-order valence-electron chi connectivity index (χ2n) is 7.67. The maximum Gasteiger partial charge on any atom is 0.417 e. The molecule has 0 saturated carbocycles. The number of halogens is 5. The van der Waals surface area contributed by atoms with Gasteiger partial charge in [-0.2, -0.15) is 18.3 Å². The second-order valence-corrected chi connectivity index (χ2v) is 8.10. The summed E-state index contributed by atoms with van der Waals surface area (Å²) < 4.78 is 53.6. The van der Waals surface area contributed by atoms with Crippen molar-refractivity contribution in [2.24, 2.45) is 0 Å². The van der Waals surface area contributed by atoms with Crippen molar-refractivity contribution in [2.45, 2.75) is 13.1 Å². The van der Waals surface area contributed by atoms with Crippen LogP contribution < -0.4 is 0 Å². The van der Waals surface area contributed by atoms with E-state index in [4.69, 9.17) is 11.6 Å². The zero-order valence-electron chi connectivity index (χ0n) is 17.8. The molecule has 0 spiro atoms. The smallest absolute Gasteiger partial charge is 0.335 e. The van der Waals surface area contributed by atoms with Crippen LogP contribution >= 0.6 is 11.6 Å². The largest absolute Gasteiger partial charge is 0.417 e. The standard InChI is InChI=1S/C22H18ClF4N5O2/c1-13-17(12-29-32(13)19-5-2-14(11-28-19)22(25,26)27)21(34)31-8-6-30(7-9-31)20(33)16-10-15(23)3-4-18(16)24/h2-5,10-12H,6-9H2,1H3. The van der Waals surface area contributed by atoms with Crippen LogP contribution in [0.15, 0.2) is 42.7 Å². The van der Waals surface area contributed by atoms with Crippen molar-refractivity contribution in [3.8, 4) is 5.82 Å². The van der Waals surface area contributed by atoms with Crippen LogP contribution in [0.5, 0.6) is 0 Å². The highest BCUT2D eigenvalue weighted by Gasteiger charge is 2.31. The summed E-state index contributed by atoms with van der Waals surface area (Å²) in [7, 11) is 0. The molecule has 1 aliphatic heterocycles. The lowest BCUT2D eigenvalue weighted by Gasteiger charge is -2.34. The molecule has 0 radical (unpaired) electrons. The van der Waals surface area contributed by atoms with Gasteiger partial charge < -0.3 is 9.80 Å². The Labute approximate surface area is 196 Å². The van der Waals surface area contributed by atoms with Gasteiger partial charge in [-0.15, -0.1) is 0 Å². The van der Waals surface area contributed by atoms with Crippen LogP contribution in [0.25, 0.3) is 5.82 Å². The average molecular weight is 496 g/mol. The second kappa shape index (κ2) is 9.05. The van der Waals surface area contributed by atoms with Crippen molar-refractivity contribution >= 4 is 23.4 Å². The Morgan fingerprint density at radius 1 is 0.941 bits per heavy atom. The van der Waals surface area contributed by atoms with Crippen molar-refractivity contribution in [1.82, 2.24) is 24.6 Å². The van der Waals surface area contributed by atoms with Crippen molar-refractivity contribution in [3.63, 3.8) is 0 Å². The molecule has 0 unspecified atom stereocenters. The molecule has 4 rings (SSSR count). The Bertz CT molecular complexity index is 1240. The fraction of sp³-hybridized carbons (Fsp3) is 0.273. The third-order valence-corrected chi connectivity index (χ3v) is 5.78. The van der Waals surface area contributed by atoms with Gasteiger partial charge in [-0.05, 0) is 37.3 Å². The monoisotopic (exact) mass is 495 g/mol.